The van der Waals surface area contributed by atoms with Crippen LogP contribution in [-0.2, 0) is 11.2 Å². The SMILES string of the molecule is CCCCc1ccc(NC(=O)[C@H](CC)Oc2ccc(C)c(C)c2)cc1. The van der Waals surface area contributed by atoms with E-state index in [4.69, 9.17) is 4.74 Å². The number of benzene rings is 2. The third kappa shape index (κ3) is 5.63. The molecule has 0 aliphatic rings. The number of ether oxygens (including phenoxy) is 1. The fourth-order valence-electron chi connectivity index (χ4n) is 2.63. The molecule has 3 heteroatoms. The predicted octanol–water partition coefficient (Wildman–Crippen LogP) is 5.44. The van der Waals surface area contributed by atoms with Crippen LogP contribution in [0.5, 0.6) is 5.75 Å². The average Bonchev–Trinajstić information content (AvgIpc) is 2.62. The van der Waals surface area contributed by atoms with Crippen LogP contribution in [-0.4, -0.2) is 12.0 Å². The van der Waals surface area contributed by atoms with Crippen molar-refractivity contribution < 1.29 is 9.53 Å². The molecule has 2 rings (SSSR count). The highest BCUT2D eigenvalue weighted by molar-refractivity contribution is 5.94. The van der Waals surface area contributed by atoms with E-state index in [1.165, 1.54) is 24.0 Å². The van der Waals surface area contributed by atoms with Gasteiger partial charge in [-0.25, -0.2) is 0 Å². The summed E-state index contributed by atoms with van der Waals surface area (Å²) in [6, 6.07) is 14.0. The van der Waals surface area contributed by atoms with Crippen molar-refractivity contribution in [2.75, 3.05) is 5.32 Å². The van der Waals surface area contributed by atoms with Gasteiger partial charge in [-0.1, -0.05) is 38.5 Å². The van der Waals surface area contributed by atoms with Crippen molar-refractivity contribution in [2.45, 2.75) is 59.5 Å². The first-order valence-corrected chi connectivity index (χ1v) is 9.17. The summed E-state index contributed by atoms with van der Waals surface area (Å²) in [6.45, 7) is 8.25. The maximum Gasteiger partial charge on any atom is 0.265 e. The third-order valence-electron chi connectivity index (χ3n) is 4.46. The average molecular weight is 339 g/mol. The molecule has 0 aromatic heterocycles. The van der Waals surface area contributed by atoms with Gasteiger partial charge in [0.25, 0.3) is 5.91 Å². The van der Waals surface area contributed by atoms with E-state index in [0.29, 0.717) is 6.42 Å². The topological polar surface area (TPSA) is 38.3 Å². The Morgan fingerprint density at radius 1 is 1.04 bits per heavy atom. The Bertz CT molecular complexity index is 692. The normalized spacial score (nSPS) is 11.8. The maximum absolute atomic E-state index is 12.5. The van der Waals surface area contributed by atoms with Gasteiger partial charge in [-0.15, -0.1) is 0 Å². The number of aryl methyl sites for hydroxylation is 3. The second-order valence-corrected chi connectivity index (χ2v) is 6.55. The number of carbonyl (C=O) groups is 1. The van der Waals surface area contributed by atoms with Gasteiger partial charge in [0.1, 0.15) is 5.75 Å². The monoisotopic (exact) mass is 339 g/mol. The molecule has 134 valence electrons. The number of hydrogen-bond donors (Lipinski definition) is 1. The fraction of sp³-hybridized carbons (Fsp3) is 0.409. The summed E-state index contributed by atoms with van der Waals surface area (Å²) in [5.74, 6) is 0.627. The van der Waals surface area contributed by atoms with E-state index >= 15 is 0 Å². The quantitative estimate of drug-likeness (QED) is 0.695. The highest BCUT2D eigenvalue weighted by Crippen LogP contribution is 2.19. The Kier molecular flexibility index (Phi) is 7.05. The molecule has 0 saturated carbocycles. The first-order chi connectivity index (χ1) is 12.0. The molecule has 1 atom stereocenters. The molecule has 2 aromatic rings. The van der Waals surface area contributed by atoms with Crippen LogP contribution >= 0.6 is 0 Å². The van der Waals surface area contributed by atoms with Crippen molar-refractivity contribution in [1.82, 2.24) is 0 Å². The van der Waals surface area contributed by atoms with Crippen molar-refractivity contribution >= 4 is 11.6 Å². The molecule has 0 bridgehead atoms. The lowest BCUT2D eigenvalue weighted by Gasteiger charge is -2.18. The predicted molar refractivity (Wildman–Crippen MR) is 104 cm³/mol. The number of rotatable bonds is 8. The first-order valence-electron chi connectivity index (χ1n) is 9.17. The number of amides is 1. The van der Waals surface area contributed by atoms with E-state index in [9.17, 15) is 4.79 Å². The van der Waals surface area contributed by atoms with E-state index in [0.717, 1.165) is 23.4 Å². The second-order valence-electron chi connectivity index (χ2n) is 6.55. The molecule has 0 radical (unpaired) electrons. The maximum atomic E-state index is 12.5. The number of carbonyl (C=O) groups excluding carboxylic acids is 1. The van der Waals surface area contributed by atoms with Crippen LogP contribution in [0.4, 0.5) is 5.69 Å². The second kappa shape index (κ2) is 9.26. The first kappa shape index (κ1) is 19.0. The molecule has 0 unspecified atom stereocenters. The van der Waals surface area contributed by atoms with Crippen LogP contribution in [0.1, 0.15) is 49.8 Å². The van der Waals surface area contributed by atoms with Crippen molar-refractivity contribution in [3.05, 3.63) is 59.2 Å². The third-order valence-corrected chi connectivity index (χ3v) is 4.46. The molecule has 0 spiro atoms. The van der Waals surface area contributed by atoms with Gasteiger partial charge < -0.3 is 10.1 Å². The lowest BCUT2D eigenvalue weighted by atomic mass is 10.1. The van der Waals surface area contributed by atoms with Crippen LogP contribution in [0.3, 0.4) is 0 Å². The molecular formula is C22H29NO2. The van der Waals surface area contributed by atoms with Crippen molar-refractivity contribution in [2.24, 2.45) is 0 Å². The molecule has 0 heterocycles. The minimum absolute atomic E-state index is 0.109. The lowest BCUT2D eigenvalue weighted by Crippen LogP contribution is -2.32. The van der Waals surface area contributed by atoms with Gasteiger partial charge in [-0.05, 0) is 74.1 Å². The zero-order chi connectivity index (χ0) is 18.2. The summed E-state index contributed by atoms with van der Waals surface area (Å²) in [6.07, 6.45) is 3.58. The lowest BCUT2D eigenvalue weighted by molar-refractivity contribution is -0.122. The number of hydrogen-bond acceptors (Lipinski definition) is 2. The smallest absolute Gasteiger partial charge is 0.265 e. The molecule has 3 nitrogen and oxygen atoms in total. The van der Waals surface area contributed by atoms with Crippen molar-refractivity contribution in [3.63, 3.8) is 0 Å². The minimum atomic E-state index is -0.498. The Balaban J connectivity index is 1.98. The summed E-state index contributed by atoms with van der Waals surface area (Å²) >= 11 is 0. The Labute approximate surface area is 151 Å². The Hall–Kier alpha value is -2.29. The van der Waals surface area contributed by atoms with E-state index in [2.05, 4.69) is 31.3 Å². The number of nitrogens with one attached hydrogen (secondary N) is 1. The van der Waals surface area contributed by atoms with Crippen LogP contribution < -0.4 is 10.1 Å². The van der Waals surface area contributed by atoms with E-state index in [1.54, 1.807) is 0 Å². The van der Waals surface area contributed by atoms with Crippen LogP contribution in [0.2, 0.25) is 0 Å². The van der Waals surface area contributed by atoms with E-state index in [1.807, 2.05) is 44.2 Å². The summed E-state index contributed by atoms with van der Waals surface area (Å²) in [5, 5.41) is 2.96. The van der Waals surface area contributed by atoms with Crippen LogP contribution in [0.15, 0.2) is 42.5 Å². The molecule has 1 N–H and O–H groups in total. The van der Waals surface area contributed by atoms with E-state index in [-0.39, 0.29) is 5.91 Å². The van der Waals surface area contributed by atoms with Gasteiger partial charge in [-0.3, -0.25) is 4.79 Å². The standard InChI is InChI=1S/C22H29NO2/c1-5-7-8-18-10-12-19(13-11-18)23-22(24)21(6-2)25-20-14-9-16(3)17(4)15-20/h9-15,21H,5-8H2,1-4H3,(H,23,24)/t21-/m0/s1. The van der Waals surface area contributed by atoms with Gasteiger partial charge >= 0.3 is 0 Å². The highest BCUT2D eigenvalue weighted by Gasteiger charge is 2.18. The summed E-state index contributed by atoms with van der Waals surface area (Å²) < 4.78 is 5.90. The van der Waals surface area contributed by atoms with Gasteiger partial charge in [0.05, 0.1) is 0 Å². The molecule has 0 aliphatic heterocycles. The number of anilines is 1. The number of unbranched alkanes of at least 4 members (excludes halogenated alkanes) is 1. The molecule has 0 fully saturated rings. The zero-order valence-corrected chi connectivity index (χ0v) is 15.8. The molecule has 0 saturated heterocycles. The van der Waals surface area contributed by atoms with Gasteiger partial charge in [0.15, 0.2) is 6.10 Å². The minimum Gasteiger partial charge on any atom is -0.481 e. The summed E-state index contributed by atoms with van der Waals surface area (Å²) in [5.41, 5.74) is 4.49. The molecule has 1 amide bonds. The van der Waals surface area contributed by atoms with Crippen molar-refractivity contribution in [1.29, 1.82) is 0 Å². The largest absolute Gasteiger partial charge is 0.481 e. The van der Waals surface area contributed by atoms with E-state index < -0.39 is 6.10 Å². The van der Waals surface area contributed by atoms with Crippen molar-refractivity contribution in [3.8, 4) is 5.75 Å². The Morgan fingerprint density at radius 2 is 1.76 bits per heavy atom. The summed E-state index contributed by atoms with van der Waals surface area (Å²) in [4.78, 5) is 12.5. The van der Waals surface area contributed by atoms with Crippen LogP contribution in [0.25, 0.3) is 0 Å². The highest BCUT2D eigenvalue weighted by atomic mass is 16.5. The Morgan fingerprint density at radius 3 is 2.36 bits per heavy atom. The zero-order valence-electron chi connectivity index (χ0n) is 15.8. The van der Waals surface area contributed by atoms with Crippen LogP contribution in [0, 0.1) is 13.8 Å². The molecular weight excluding hydrogens is 310 g/mol. The van der Waals surface area contributed by atoms with Gasteiger partial charge in [-0.2, -0.15) is 0 Å². The van der Waals surface area contributed by atoms with Gasteiger partial charge in [0.2, 0.25) is 0 Å². The fourth-order valence-corrected chi connectivity index (χ4v) is 2.63. The summed E-state index contributed by atoms with van der Waals surface area (Å²) in [7, 11) is 0. The molecule has 2 aromatic carbocycles. The van der Waals surface area contributed by atoms with Gasteiger partial charge in [0, 0.05) is 5.69 Å². The molecule has 25 heavy (non-hydrogen) atoms. The molecule has 0 aliphatic carbocycles.